The summed E-state index contributed by atoms with van der Waals surface area (Å²) in [6.45, 7) is 6.17. The molecule has 2 aromatic rings. The summed E-state index contributed by atoms with van der Waals surface area (Å²) in [5.41, 5.74) is 2.20. The molecule has 0 saturated heterocycles. The van der Waals surface area contributed by atoms with Gasteiger partial charge in [0.25, 0.3) is 0 Å². The quantitative estimate of drug-likeness (QED) is 0.477. The van der Waals surface area contributed by atoms with Crippen LogP contribution < -0.4 is 5.32 Å². The van der Waals surface area contributed by atoms with Crippen molar-refractivity contribution in [2.45, 2.75) is 58.0 Å². The van der Waals surface area contributed by atoms with Gasteiger partial charge in [-0.05, 0) is 43.5 Å². The molecule has 4 nitrogen and oxygen atoms in total. The zero-order valence-corrected chi connectivity index (χ0v) is 19.5. The highest BCUT2D eigenvalue weighted by molar-refractivity contribution is 7.98. The number of nitrogens with zero attached hydrogens (tertiary/aromatic N) is 1. The van der Waals surface area contributed by atoms with Crippen LogP contribution in [0.4, 0.5) is 0 Å². The van der Waals surface area contributed by atoms with E-state index in [2.05, 4.69) is 17.4 Å². The summed E-state index contributed by atoms with van der Waals surface area (Å²) in [6.07, 6.45) is 1.24. The molecule has 6 heteroatoms. The maximum Gasteiger partial charge on any atom is 0.242 e. The molecule has 1 N–H and O–H groups in total. The van der Waals surface area contributed by atoms with Gasteiger partial charge in [0, 0.05) is 35.5 Å². The lowest BCUT2D eigenvalue weighted by Gasteiger charge is -2.29. The largest absolute Gasteiger partial charge is 0.352 e. The van der Waals surface area contributed by atoms with Gasteiger partial charge in [-0.2, -0.15) is 11.8 Å². The number of halogens is 1. The van der Waals surface area contributed by atoms with Crippen molar-refractivity contribution < 1.29 is 9.59 Å². The molecule has 2 aromatic carbocycles. The molecule has 2 amide bonds. The molecule has 0 spiro atoms. The van der Waals surface area contributed by atoms with Crippen molar-refractivity contribution in [1.82, 2.24) is 10.2 Å². The molecule has 0 heterocycles. The Morgan fingerprint density at radius 1 is 1.03 bits per heavy atom. The van der Waals surface area contributed by atoms with Crippen molar-refractivity contribution in [3.63, 3.8) is 0 Å². The SMILES string of the molecule is CC[C@@H](C)NC(=O)[C@@H](C)N(Cc1ccc(Cl)cc1)C(=O)CCSCc1ccccc1. The second-order valence-corrected chi connectivity index (χ2v) is 8.97. The predicted molar refractivity (Wildman–Crippen MR) is 127 cm³/mol. The molecule has 30 heavy (non-hydrogen) atoms. The monoisotopic (exact) mass is 446 g/mol. The summed E-state index contributed by atoms with van der Waals surface area (Å²) in [7, 11) is 0. The lowest BCUT2D eigenvalue weighted by molar-refractivity contribution is -0.140. The van der Waals surface area contributed by atoms with E-state index in [4.69, 9.17) is 11.6 Å². The van der Waals surface area contributed by atoms with Gasteiger partial charge in [-0.15, -0.1) is 0 Å². The van der Waals surface area contributed by atoms with Gasteiger partial charge < -0.3 is 10.2 Å². The van der Waals surface area contributed by atoms with Gasteiger partial charge in [-0.1, -0.05) is 61.0 Å². The maximum absolute atomic E-state index is 13.0. The van der Waals surface area contributed by atoms with Crippen molar-refractivity contribution in [2.75, 3.05) is 5.75 Å². The number of nitrogens with one attached hydrogen (secondary N) is 1. The standard InChI is InChI=1S/C24H31ClN2O2S/c1-4-18(2)26-24(29)19(3)27(16-20-10-12-22(25)13-11-20)23(28)14-15-30-17-21-8-6-5-7-9-21/h5-13,18-19H,4,14-17H2,1-3H3,(H,26,29)/t18-,19-/m1/s1. The number of carbonyl (C=O) groups is 2. The van der Waals surface area contributed by atoms with Gasteiger partial charge in [-0.25, -0.2) is 0 Å². The molecule has 2 rings (SSSR count). The van der Waals surface area contributed by atoms with E-state index in [-0.39, 0.29) is 17.9 Å². The molecular weight excluding hydrogens is 416 g/mol. The third kappa shape index (κ3) is 8.04. The van der Waals surface area contributed by atoms with Crippen LogP contribution in [0.5, 0.6) is 0 Å². The number of carbonyl (C=O) groups excluding carboxylic acids is 2. The zero-order chi connectivity index (χ0) is 21.9. The first-order chi connectivity index (χ1) is 14.4. The highest BCUT2D eigenvalue weighted by Gasteiger charge is 2.26. The summed E-state index contributed by atoms with van der Waals surface area (Å²) in [6, 6.07) is 17.1. The van der Waals surface area contributed by atoms with Crippen LogP contribution in [0.3, 0.4) is 0 Å². The molecule has 0 aliphatic carbocycles. The fraction of sp³-hybridized carbons (Fsp3) is 0.417. The van der Waals surface area contributed by atoms with Crippen molar-refractivity contribution in [3.8, 4) is 0 Å². The number of hydrogen-bond donors (Lipinski definition) is 1. The van der Waals surface area contributed by atoms with E-state index in [0.29, 0.717) is 23.7 Å². The number of hydrogen-bond acceptors (Lipinski definition) is 3. The molecule has 0 radical (unpaired) electrons. The highest BCUT2D eigenvalue weighted by Crippen LogP contribution is 2.17. The van der Waals surface area contributed by atoms with Crippen LogP contribution in [-0.2, 0) is 21.9 Å². The minimum atomic E-state index is -0.540. The zero-order valence-electron chi connectivity index (χ0n) is 17.9. The van der Waals surface area contributed by atoms with Crippen LogP contribution in [0.2, 0.25) is 5.02 Å². The highest BCUT2D eigenvalue weighted by atomic mass is 35.5. The van der Waals surface area contributed by atoms with Crippen LogP contribution >= 0.6 is 23.4 Å². The van der Waals surface area contributed by atoms with Gasteiger partial charge >= 0.3 is 0 Å². The summed E-state index contributed by atoms with van der Waals surface area (Å²) >= 11 is 7.71. The Hall–Kier alpha value is -1.98. The van der Waals surface area contributed by atoms with E-state index in [1.807, 2.05) is 44.2 Å². The number of rotatable bonds is 11. The van der Waals surface area contributed by atoms with E-state index < -0.39 is 6.04 Å². The third-order valence-corrected chi connectivity index (χ3v) is 6.29. The van der Waals surface area contributed by atoms with E-state index in [1.165, 1.54) is 5.56 Å². The minimum Gasteiger partial charge on any atom is -0.352 e. The average molecular weight is 447 g/mol. The fourth-order valence-corrected chi connectivity index (χ4v) is 3.92. The number of benzene rings is 2. The molecule has 0 unspecified atom stereocenters. The Morgan fingerprint density at radius 3 is 2.33 bits per heavy atom. The van der Waals surface area contributed by atoms with Crippen LogP contribution in [0.1, 0.15) is 44.7 Å². The second-order valence-electron chi connectivity index (χ2n) is 7.43. The lowest BCUT2D eigenvalue weighted by Crippen LogP contribution is -2.49. The van der Waals surface area contributed by atoms with Crippen molar-refractivity contribution in [3.05, 3.63) is 70.7 Å². The van der Waals surface area contributed by atoms with Crippen LogP contribution in [0.15, 0.2) is 54.6 Å². The van der Waals surface area contributed by atoms with Gasteiger partial charge in [0.1, 0.15) is 6.04 Å². The first-order valence-corrected chi connectivity index (χ1v) is 11.9. The minimum absolute atomic E-state index is 0.0164. The first-order valence-electron chi connectivity index (χ1n) is 10.4. The Labute approximate surface area is 189 Å². The summed E-state index contributed by atoms with van der Waals surface area (Å²) in [5.74, 6) is 1.45. The third-order valence-electron chi connectivity index (χ3n) is 5.01. The molecule has 0 bridgehead atoms. The van der Waals surface area contributed by atoms with Crippen LogP contribution in [0, 0.1) is 0 Å². The van der Waals surface area contributed by atoms with Gasteiger partial charge in [0.05, 0.1) is 0 Å². The van der Waals surface area contributed by atoms with Gasteiger partial charge in [0.2, 0.25) is 11.8 Å². The normalized spacial score (nSPS) is 12.8. The van der Waals surface area contributed by atoms with E-state index >= 15 is 0 Å². The second kappa shape index (κ2) is 12.7. The fourth-order valence-electron chi connectivity index (χ4n) is 2.90. The molecular formula is C24H31ClN2O2S. The Balaban J connectivity index is 2.00. The van der Waals surface area contributed by atoms with Gasteiger partial charge in [-0.3, -0.25) is 9.59 Å². The summed E-state index contributed by atoms with van der Waals surface area (Å²) < 4.78 is 0. The molecule has 162 valence electrons. The summed E-state index contributed by atoms with van der Waals surface area (Å²) in [4.78, 5) is 27.4. The summed E-state index contributed by atoms with van der Waals surface area (Å²) in [5, 5.41) is 3.64. The smallest absolute Gasteiger partial charge is 0.242 e. The average Bonchev–Trinajstić information content (AvgIpc) is 2.76. The Morgan fingerprint density at radius 2 is 1.70 bits per heavy atom. The predicted octanol–water partition coefficient (Wildman–Crippen LogP) is 5.30. The Bertz CT molecular complexity index is 799. The molecule has 0 aliphatic rings. The lowest BCUT2D eigenvalue weighted by atomic mass is 10.1. The first kappa shape index (κ1) is 24.3. The van der Waals surface area contributed by atoms with E-state index in [0.717, 1.165) is 17.7 Å². The molecule has 2 atom stereocenters. The molecule has 0 aliphatic heterocycles. The van der Waals surface area contributed by atoms with Gasteiger partial charge in [0.15, 0.2) is 0 Å². The Kier molecular flexibility index (Phi) is 10.2. The molecule has 0 fully saturated rings. The molecule has 0 saturated carbocycles. The van der Waals surface area contributed by atoms with Crippen molar-refractivity contribution in [2.24, 2.45) is 0 Å². The number of amides is 2. The van der Waals surface area contributed by atoms with Crippen LogP contribution in [-0.4, -0.2) is 34.6 Å². The molecule has 0 aromatic heterocycles. The van der Waals surface area contributed by atoms with E-state index in [1.54, 1.807) is 35.7 Å². The van der Waals surface area contributed by atoms with E-state index in [9.17, 15) is 9.59 Å². The maximum atomic E-state index is 13.0. The van der Waals surface area contributed by atoms with Crippen molar-refractivity contribution in [1.29, 1.82) is 0 Å². The van der Waals surface area contributed by atoms with Crippen LogP contribution in [0.25, 0.3) is 0 Å². The topological polar surface area (TPSA) is 49.4 Å². The van der Waals surface area contributed by atoms with Crippen molar-refractivity contribution >= 4 is 35.2 Å². The number of thioether (sulfide) groups is 1.